The molecule has 1 aromatic carbocycles. The molecule has 0 atom stereocenters. The molecule has 3 heterocycles. The standard InChI is InChI=1S/C20H17N3OS/c1-13-10-18(25-12-13)20(24)21-16-7-5-15(6-8-16)17-11-23-9-3-4-14(2)19(23)22-17/h3-12H,1-2H3,(H,21,24). The minimum atomic E-state index is -0.0748. The molecule has 3 aromatic heterocycles. The molecular formula is C20H17N3OS. The van der Waals surface area contributed by atoms with Gasteiger partial charge in [-0.15, -0.1) is 11.3 Å². The predicted molar refractivity (Wildman–Crippen MR) is 102 cm³/mol. The zero-order valence-corrected chi connectivity index (χ0v) is 14.8. The highest BCUT2D eigenvalue weighted by Crippen LogP contribution is 2.23. The van der Waals surface area contributed by atoms with E-state index in [1.54, 1.807) is 0 Å². The van der Waals surface area contributed by atoms with Gasteiger partial charge >= 0.3 is 0 Å². The van der Waals surface area contributed by atoms with E-state index in [-0.39, 0.29) is 5.91 Å². The van der Waals surface area contributed by atoms with Crippen LogP contribution < -0.4 is 5.32 Å². The maximum absolute atomic E-state index is 12.2. The van der Waals surface area contributed by atoms with E-state index in [1.165, 1.54) is 11.3 Å². The number of hydrogen-bond acceptors (Lipinski definition) is 3. The summed E-state index contributed by atoms with van der Waals surface area (Å²) < 4.78 is 2.03. The summed E-state index contributed by atoms with van der Waals surface area (Å²) in [7, 11) is 0. The molecule has 0 saturated heterocycles. The first-order valence-electron chi connectivity index (χ1n) is 8.01. The van der Waals surface area contributed by atoms with Crippen LogP contribution in [0, 0.1) is 13.8 Å². The van der Waals surface area contributed by atoms with Gasteiger partial charge in [0.05, 0.1) is 10.6 Å². The van der Waals surface area contributed by atoms with Crippen LogP contribution in [-0.2, 0) is 0 Å². The SMILES string of the molecule is Cc1csc(C(=O)Nc2ccc(-c3cn4cccc(C)c4n3)cc2)c1. The Labute approximate surface area is 149 Å². The number of aromatic nitrogens is 2. The van der Waals surface area contributed by atoms with Crippen molar-refractivity contribution in [3.8, 4) is 11.3 Å². The first-order chi connectivity index (χ1) is 12.1. The van der Waals surface area contributed by atoms with Gasteiger partial charge in [0.25, 0.3) is 5.91 Å². The molecule has 1 amide bonds. The maximum atomic E-state index is 12.2. The molecule has 0 aliphatic heterocycles. The molecule has 1 N–H and O–H groups in total. The van der Waals surface area contributed by atoms with Crippen LogP contribution in [0.2, 0.25) is 0 Å². The molecule has 0 bridgehead atoms. The monoisotopic (exact) mass is 347 g/mol. The van der Waals surface area contributed by atoms with Crippen molar-refractivity contribution in [2.24, 2.45) is 0 Å². The van der Waals surface area contributed by atoms with Crippen molar-refractivity contribution in [3.63, 3.8) is 0 Å². The predicted octanol–water partition coefficient (Wildman–Crippen LogP) is 4.93. The van der Waals surface area contributed by atoms with Crippen molar-refractivity contribution >= 4 is 28.6 Å². The lowest BCUT2D eigenvalue weighted by atomic mass is 10.1. The molecule has 25 heavy (non-hydrogen) atoms. The van der Waals surface area contributed by atoms with E-state index in [0.29, 0.717) is 0 Å². The summed E-state index contributed by atoms with van der Waals surface area (Å²) in [6.45, 7) is 4.04. The van der Waals surface area contributed by atoms with Gasteiger partial charge in [0.1, 0.15) is 5.65 Å². The number of hydrogen-bond donors (Lipinski definition) is 1. The van der Waals surface area contributed by atoms with E-state index in [2.05, 4.69) is 18.3 Å². The lowest BCUT2D eigenvalue weighted by Crippen LogP contribution is -2.09. The van der Waals surface area contributed by atoms with Crippen LogP contribution in [0.25, 0.3) is 16.9 Å². The second-order valence-electron chi connectivity index (χ2n) is 6.07. The molecule has 0 unspecified atom stereocenters. The number of fused-ring (bicyclic) bond motifs is 1. The summed E-state index contributed by atoms with van der Waals surface area (Å²) in [5, 5.41) is 4.91. The first-order valence-corrected chi connectivity index (χ1v) is 8.89. The van der Waals surface area contributed by atoms with Crippen molar-refractivity contribution in [1.29, 1.82) is 0 Å². The molecule has 4 rings (SSSR count). The topological polar surface area (TPSA) is 46.4 Å². The van der Waals surface area contributed by atoms with Crippen LogP contribution in [0.3, 0.4) is 0 Å². The van der Waals surface area contributed by atoms with E-state index in [1.807, 2.05) is 65.5 Å². The van der Waals surface area contributed by atoms with E-state index < -0.39 is 0 Å². The van der Waals surface area contributed by atoms with Crippen molar-refractivity contribution in [2.75, 3.05) is 5.32 Å². The van der Waals surface area contributed by atoms with Crippen LogP contribution in [0.1, 0.15) is 20.8 Å². The highest BCUT2D eigenvalue weighted by atomic mass is 32.1. The third-order valence-corrected chi connectivity index (χ3v) is 5.12. The number of carbonyl (C=O) groups is 1. The minimum Gasteiger partial charge on any atom is -0.321 e. The lowest BCUT2D eigenvalue weighted by molar-refractivity contribution is 0.103. The van der Waals surface area contributed by atoms with Gasteiger partial charge in [-0.2, -0.15) is 0 Å². The Morgan fingerprint density at radius 2 is 1.96 bits per heavy atom. The highest BCUT2D eigenvalue weighted by molar-refractivity contribution is 7.12. The average Bonchev–Trinajstić information content (AvgIpc) is 3.23. The smallest absolute Gasteiger partial charge is 0.265 e. The quantitative estimate of drug-likeness (QED) is 0.571. The van der Waals surface area contributed by atoms with Gasteiger partial charge in [0.15, 0.2) is 0 Å². The highest BCUT2D eigenvalue weighted by Gasteiger charge is 2.09. The fraction of sp³-hybridized carbons (Fsp3) is 0.100. The van der Waals surface area contributed by atoms with E-state index >= 15 is 0 Å². The van der Waals surface area contributed by atoms with Crippen LogP contribution in [0.15, 0.2) is 60.2 Å². The van der Waals surface area contributed by atoms with Gasteiger partial charge in [-0.3, -0.25) is 4.79 Å². The molecule has 0 fully saturated rings. The number of nitrogens with zero attached hydrogens (tertiary/aromatic N) is 2. The van der Waals surface area contributed by atoms with E-state index in [9.17, 15) is 4.79 Å². The summed E-state index contributed by atoms with van der Waals surface area (Å²) >= 11 is 1.46. The summed E-state index contributed by atoms with van der Waals surface area (Å²) in [6.07, 6.45) is 4.01. The summed E-state index contributed by atoms with van der Waals surface area (Å²) in [5.41, 5.74) is 5.92. The summed E-state index contributed by atoms with van der Waals surface area (Å²) in [6, 6.07) is 13.7. The van der Waals surface area contributed by atoms with Gasteiger partial charge in [-0.1, -0.05) is 18.2 Å². The molecule has 124 valence electrons. The Bertz CT molecular complexity index is 1060. The van der Waals surface area contributed by atoms with Gasteiger partial charge in [0, 0.05) is 23.6 Å². The number of amides is 1. The Balaban J connectivity index is 1.57. The molecule has 0 aliphatic carbocycles. The molecular weight excluding hydrogens is 330 g/mol. The number of aryl methyl sites for hydroxylation is 2. The van der Waals surface area contributed by atoms with Gasteiger partial charge in [-0.05, 0) is 54.6 Å². The van der Waals surface area contributed by atoms with Gasteiger partial charge in [0.2, 0.25) is 0 Å². The fourth-order valence-corrected chi connectivity index (χ4v) is 3.55. The zero-order chi connectivity index (χ0) is 17.4. The van der Waals surface area contributed by atoms with Crippen LogP contribution >= 0.6 is 11.3 Å². The second-order valence-corrected chi connectivity index (χ2v) is 6.98. The number of pyridine rings is 1. The number of benzene rings is 1. The van der Waals surface area contributed by atoms with Crippen LogP contribution in [0.5, 0.6) is 0 Å². The fourth-order valence-electron chi connectivity index (χ4n) is 2.76. The Hall–Kier alpha value is -2.92. The molecule has 4 aromatic rings. The van der Waals surface area contributed by atoms with Gasteiger partial charge < -0.3 is 9.72 Å². The third kappa shape index (κ3) is 3.06. The zero-order valence-electron chi connectivity index (χ0n) is 14.0. The Morgan fingerprint density at radius 3 is 2.64 bits per heavy atom. The van der Waals surface area contributed by atoms with Crippen molar-refractivity contribution in [2.45, 2.75) is 13.8 Å². The summed E-state index contributed by atoms with van der Waals surface area (Å²) in [5.74, 6) is -0.0748. The summed E-state index contributed by atoms with van der Waals surface area (Å²) in [4.78, 5) is 17.6. The van der Waals surface area contributed by atoms with Crippen molar-refractivity contribution in [3.05, 3.63) is 76.2 Å². The Kier molecular flexibility index (Phi) is 3.86. The normalized spacial score (nSPS) is 11.0. The first kappa shape index (κ1) is 15.6. The molecule has 4 nitrogen and oxygen atoms in total. The minimum absolute atomic E-state index is 0.0748. The van der Waals surface area contributed by atoms with Crippen molar-refractivity contribution in [1.82, 2.24) is 9.38 Å². The van der Waals surface area contributed by atoms with E-state index in [4.69, 9.17) is 4.98 Å². The van der Waals surface area contributed by atoms with Crippen LogP contribution in [0.4, 0.5) is 5.69 Å². The third-order valence-electron chi connectivity index (χ3n) is 4.07. The lowest BCUT2D eigenvalue weighted by Gasteiger charge is -2.04. The van der Waals surface area contributed by atoms with Crippen LogP contribution in [-0.4, -0.2) is 15.3 Å². The molecule has 0 spiro atoms. The number of nitrogens with one attached hydrogen (secondary N) is 1. The number of rotatable bonds is 3. The molecule has 0 saturated carbocycles. The average molecular weight is 347 g/mol. The molecule has 5 heteroatoms. The number of imidazole rings is 1. The van der Waals surface area contributed by atoms with E-state index in [0.717, 1.165) is 38.6 Å². The second kappa shape index (κ2) is 6.18. The number of thiophene rings is 1. The Morgan fingerprint density at radius 1 is 1.16 bits per heavy atom. The maximum Gasteiger partial charge on any atom is 0.265 e. The van der Waals surface area contributed by atoms with Crippen molar-refractivity contribution < 1.29 is 4.79 Å². The molecule has 0 radical (unpaired) electrons. The molecule has 0 aliphatic rings. The van der Waals surface area contributed by atoms with Gasteiger partial charge in [-0.25, -0.2) is 4.98 Å². The largest absolute Gasteiger partial charge is 0.321 e. The number of carbonyl (C=O) groups excluding carboxylic acids is 1. The number of anilines is 1.